The molecule has 1 aromatic heterocycles. The standard InChI is InChI=1S/C12H18F3N3O/c1-5-9-17-10(16-6-2)7(3)11(18-9)19-8(4)12(13,14)15/h8H,5-6H2,1-4H3,(H,16,17,18). The molecule has 0 aliphatic heterocycles. The van der Waals surface area contributed by atoms with Crippen molar-refractivity contribution < 1.29 is 17.9 Å². The molecule has 7 heteroatoms. The Morgan fingerprint density at radius 1 is 1.26 bits per heavy atom. The van der Waals surface area contributed by atoms with Gasteiger partial charge in [-0.25, -0.2) is 4.98 Å². The topological polar surface area (TPSA) is 47.0 Å². The summed E-state index contributed by atoms with van der Waals surface area (Å²) in [5, 5.41) is 2.99. The van der Waals surface area contributed by atoms with E-state index in [-0.39, 0.29) is 5.88 Å². The molecule has 0 saturated carbocycles. The average molecular weight is 277 g/mol. The number of ether oxygens (including phenoxy) is 1. The molecule has 0 aliphatic rings. The number of aromatic nitrogens is 2. The van der Waals surface area contributed by atoms with Crippen LogP contribution in [0.2, 0.25) is 0 Å². The molecule has 19 heavy (non-hydrogen) atoms. The first-order valence-corrected chi connectivity index (χ1v) is 6.14. The molecule has 0 fully saturated rings. The Hall–Kier alpha value is -1.53. The highest BCUT2D eigenvalue weighted by atomic mass is 19.4. The Balaban J connectivity index is 3.08. The van der Waals surface area contributed by atoms with Gasteiger partial charge in [0, 0.05) is 13.0 Å². The smallest absolute Gasteiger partial charge is 0.425 e. The van der Waals surface area contributed by atoms with Crippen LogP contribution >= 0.6 is 0 Å². The average Bonchev–Trinajstić information content (AvgIpc) is 2.32. The second-order valence-corrected chi connectivity index (χ2v) is 4.10. The number of hydrogen-bond acceptors (Lipinski definition) is 4. The van der Waals surface area contributed by atoms with E-state index in [1.807, 2.05) is 13.8 Å². The summed E-state index contributed by atoms with van der Waals surface area (Å²) < 4.78 is 42.5. The summed E-state index contributed by atoms with van der Waals surface area (Å²) in [6, 6.07) is 0. The summed E-state index contributed by atoms with van der Waals surface area (Å²) >= 11 is 0. The second-order valence-electron chi connectivity index (χ2n) is 4.10. The van der Waals surface area contributed by atoms with Crippen molar-refractivity contribution in [3.05, 3.63) is 11.4 Å². The molecule has 1 heterocycles. The van der Waals surface area contributed by atoms with Crippen molar-refractivity contribution >= 4 is 5.82 Å². The van der Waals surface area contributed by atoms with Crippen LogP contribution in [0.15, 0.2) is 0 Å². The first-order valence-electron chi connectivity index (χ1n) is 6.14. The molecule has 0 aromatic carbocycles. The lowest BCUT2D eigenvalue weighted by Crippen LogP contribution is -2.32. The number of nitrogens with zero attached hydrogens (tertiary/aromatic N) is 2. The van der Waals surface area contributed by atoms with Gasteiger partial charge in [-0.05, 0) is 20.8 Å². The van der Waals surface area contributed by atoms with E-state index in [2.05, 4.69) is 15.3 Å². The summed E-state index contributed by atoms with van der Waals surface area (Å²) in [6.07, 6.45) is -5.79. The predicted octanol–water partition coefficient (Wildman–Crippen LogP) is 3.11. The minimum atomic E-state index is -4.41. The summed E-state index contributed by atoms with van der Waals surface area (Å²) in [6.45, 7) is 6.93. The van der Waals surface area contributed by atoms with Gasteiger partial charge in [0.1, 0.15) is 11.6 Å². The van der Waals surface area contributed by atoms with E-state index in [4.69, 9.17) is 4.74 Å². The molecule has 4 nitrogen and oxygen atoms in total. The van der Waals surface area contributed by atoms with E-state index in [9.17, 15) is 13.2 Å². The van der Waals surface area contributed by atoms with E-state index in [1.165, 1.54) is 0 Å². The van der Waals surface area contributed by atoms with Crippen molar-refractivity contribution in [2.45, 2.75) is 46.4 Å². The molecule has 1 unspecified atom stereocenters. The number of nitrogens with one attached hydrogen (secondary N) is 1. The minimum absolute atomic E-state index is 0.0207. The highest BCUT2D eigenvalue weighted by molar-refractivity contribution is 5.48. The third-order valence-corrected chi connectivity index (χ3v) is 2.56. The van der Waals surface area contributed by atoms with E-state index in [1.54, 1.807) is 6.92 Å². The molecule has 0 aliphatic carbocycles. The molecule has 1 N–H and O–H groups in total. The van der Waals surface area contributed by atoms with Crippen LogP contribution in [0.4, 0.5) is 19.0 Å². The molecule has 1 atom stereocenters. The van der Waals surface area contributed by atoms with Crippen LogP contribution in [-0.2, 0) is 6.42 Å². The first kappa shape index (κ1) is 15.5. The zero-order valence-corrected chi connectivity index (χ0v) is 11.4. The van der Waals surface area contributed by atoms with Crippen molar-refractivity contribution in [2.24, 2.45) is 0 Å². The maximum Gasteiger partial charge on any atom is 0.425 e. The summed E-state index contributed by atoms with van der Waals surface area (Å²) in [5.74, 6) is 0.942. The maximum atomic E-state index is 12.5. The molecule has 0 radical (unpaired) electrons. The Labute approximate surface area is 110 Å². The van der Waals surface area contributed by atoms with Gasteiger partial charge < -0.3 is 10.1 Å². The zero-order valence-electron chi connectivity index (χ0n) is 11.4. The maximum absolute atomic E-state index is 12.5. The number of halogens is 3. The van der Waals surface area contributed by atoms with Crippen molar-refractivity contribution in [1.82, 2.24) is 9.97 Å². The largest absolute Gasteiger partial charge is 0.465 e. The number of hydrogen-bond donors (Lipinski definition) is 1. The van der Waals surface area contributed by atoms with Gasteiger partial charge in [-0.1, -0.05) is 6.92 Å². The molecule has 0 spiro atoms. The monoisotopic (exact) mass is 277 g/mol. The second kappa shape index (κ2) is 6.08. The first-order chi connectivity index (χ1) is 8.79. The van der Waals surface area contributed by atoms with E-state index in [0.29, 0.717) is 30.2 Å². The van der Waals surface area contributed by atoms with Crippen molar-refractivity contribution in [2.75, 3.05) is 11.9 Å². The molecule has 0 saturated heterocycles. The fourth-order valence-electron chi connectivity index (χ4n) is 1.39. The molecule has 108 valence electrons. The third-order valence-electron chi connectivity index (χ3n) is 2.56. The summed E-state index contributed by atoms with van der Waals surface area (Å²) in [7, 11) is 0. The van der Waals surface area contributed by atoms with Crippen LogP contribution in [0.3, 0.4) is 0 Å². The molecular weight excluding hydrogens is 259 g/mol. The fraction of sp³-hybridized carbons (Fsp3) is 0.667. The lowest BCUT2D eigenvalue weighted by atomic mass is 10.3. The van der Waals surface area contributed by atoms with Crippen molar-refractivity contribution in [1.29, 1.82) is 0 Å². The Kier molecular flexibility index (Phi) is 4.97. The van der Waals surface area contributed by atoms with E-state index >= 15 is 0 Å². The Morgan fingerprint density at radius 2 is 1.89 bits per heavy atom. The molecular formula is C12H18F3N3O. The van der Waals surface area contributed by atoms with E-state index < -0.39 is 12.3 Å². The van der Waals surface area contributed by atoms with Gasteiger partial charge in [0.2, 0.25) is 5.88 Å². The summed E-state index contributed by atoms with van der Waals surface area (Å²) in [4.78, 5) is 8.24. The van der Waals surface area contributed by atoms with Gasteiger partial charge in [-0.15, -0.1) is 0 Å². The number of alkyl halides is 3. The highest BCUT2D eigenvalue weighted by Crippen LogP contribution is 2.28. The van der Waals surface area contributed by atoms with Gasteiger partial charge in [0.15, 0.2) is 6.10 Å². The van der Waals surface area contributed by atoms with Crippen LogP contribution in [0.25, 0.3) is 0 Å². The van der Waals surface area contributed by atoms with Gasteiger partial charge in [0.25, 0.3) is 0 Å². The van der Waals surface area contributed by atoms with Crippen molar-refractivity contribution in [3.63, 3.8) is 0 Å². The van der Waals surface area contributed by atoms with Crippen LogP contribution in [0.5, 0.6) is 5.88 Å². The fourth-order valence-corrected chi connectivity index (χ4v) is 1.39. The van der Waals surface area contributed by atoms with Crippen LogP contribution in [0.1, 0.15) is 32.2 Å². The van der Waals surface area contributed by atoms with Gasteiger partial charge in [-0.3, -0.25) is 0 Å². The zero-order chi connectivity index (χ0) is 14.6. The molecule has 1 aromatic rings. The van der Waals surface area contributed by atoms with Crippen LogP contribution in [-0.4, -0.2) is 28.8 Å². The normalized spacial score (nSPS) is 13.2. The number of aryl methyl sites for hydroxylation is 1. The minimum Gasteiger partial charge on any atom is -0.465 e. The molecule has 1 rings (SSSR count). The SMILES string of the molecule is CCNc1nc(CC)nc(OC(C)C(F)(F)F)c1C. The van der Waals surface area contributed by atoms with Crippen LogP contribution in [0, 0.1) is 6.92 Å². The van der Waals surface area contributed by atoms with Gasteiger partial charge in [0.05, 0.1) is 5.56 Å². The number of rotatable bonds is 5. The van der Waals surface area contributed by atoms with Gasteiger partial charge in [-0.2, -0.15) is 18.2 Å². The van der Waals surface area contributed by atoms with Gasteiger partial charge >= 0.3 is 6.18 Å². The quantitative estimate of drug-likeness (QED) is 0.898. The lowest BCUT2D eigenvalue weighted by molar-refractivity contribution is -0.190. The van der Waals surface area contributed by atoms with Crippen LogP contribution < -0.4 is 10.1 Å². The van der Waals surface area contributed by atoms with E-state index in [0.717, 1.165) is 6.92 Å². The highest BCUT2D eigenvalue weighted by Gasteiger charge is 2.38. The molecule has 0 amide bonds. The number of anilines is 1. The lowest BCUT2D eigenvalue weighted by Gasteiger charge is -2.19. The summed E-state index contributed by atoms with van der Waals surface area (Å²) in [5.41, 5.74) is 0.482. The predicted molar refractivity (Wildman–Crippen MR) is 66.5 cm³/mol. The Morgan fingerprint density at radius 3 is 2.37 bits per heavy atom. The third kappa shape index (κ3) is 3.97. The Bertz CT molecular complexity index is 435. The van der Waals surface area contributed by atoms with Crippen molar-refractivity contribution in [3.8, 4) is 5.88 Å². The molecule has 0 bridgehead atoms.